The van der Waals surface area contributed by atoms with Crippen molar-refractivity contribution in [1.82, 2.24) is 9.97 Å². The highest BCUT2D eigenvalue weighted by Crippen LogP contribution is 2.28. The Bertz CT molecular complexity index is 673. The molecule has 0 amide bonds. The lowest BCUT2D eigenvalue weighted by atomic mass is 10.2. The summed E-state index contributed by atoms with van der Waals surface area (Å²) in [6.45, 7) is 2.04. The summed E-state index contributed by atoms with van der Waals surface area (Å²) in [6.07, 6.45) is 0. The lowest BCUT2D eigenvalue weighted by molar-refractivity contribution is 0.589. The standard InChI is InChI=1S/C13H9FN2S/c1-8-2-4-9(5-3-8)12-15-10-6-7-11(14)16-13(10)17-12/h2-7H,1H3. The highest BCUT2D eigenvalue weighted by molar-refractivity contribution is 7.21. The lowest BCUT2D eigenvalue weighted by Gasteiger charge is -1.95. The number of halogens is 1. The van der Waals surface area contributed by atoms with Crippen molar-refractivity contribution in [1.29, 1.82) is 0 Å². The van der Waals surface area contributed by atoms with E-state index in [1.165, 1.54) is 23.0 Å². The van der Waals surface area contributed by atoms with Crippen LogP contribution in [0.5, 0.6) is 0 Å². The number of rotatable bonds is 1. The molecule has 3 aromatic rings. The van der Waals surface area contributed by atoms with Crippen molar-refractivity contribution >= 4 is 21.7 Å². The van der Waals surface area contributed by atoms with E-state index in [1.54, 1.807) is 6.07 Å². The van der Waals surface area contributed by atoms with Gasteiger partial charge in [-0.1, -0.05) is 41.2 Å². The first kappa shape index (κ1) is 10.4. The topological polar surface area (TPSA) is 25.8 Å². The van der Waals surface area contributed by atoms with E-state index in [-0.39, 0.29) is 0 Å². The quantitative estimate of drug-likeness (QED) is 0.608. The maximum Gasteiger partial charge on any atom is 0.214 e. The molecule has 0 unspecified atom stereocenters. The normalized spacial score (nSPS) is 10.9. The molecule has 1 aromatic carbocycles. The summed E-state index contributed by atoms with van der Waals surface area (Å²) in [5.41, 5.74) is 2.99. The fourth-order valence-electron chi connectivity index (χ4n) is 1.61. The molecule has 0 radical (unpaired) electrons. The fourth-order valence-corrected chi connectivity index (χ4v) is 2.55. The second kappa shape index (κ2) is 3.89. The van der Waals surface area contributed by atoms with Crippen molar-refractivity contribution in [2.75, 3.05) is 0 Å². The highest BCUT2D eigenvalue weighted by Gasteiger charge is 2.07. The van der Waals surface area contributed by atoms with Gasteiger partial charge in [0.15, 0.2) is 0 Å². The predicted octanol–water partition coefficient (Wildman–Crippen LogP) is 3.81. The Morgan fingerprint density at radius 1 is 1.00 bits per heavy atom. The Kier molecular flexibility index (Phi) is 2.37. The third-order valence-corrected chi connectivity index (χ3v) is 3.53. The van der Waals surface area contributed by atoms with Crippen LogP contribution in [0.25, 0.3) is 20.9 Å². The van der Waals surface area contributed by atoms with E-state index in [4.69, 9.17) is 0 Å². The summed E-state index contributed by atoms with van der Waals surface area (Å²) in [5, 5.41) is 0.873. The van der Waals surface area contributed by atoms with Gasteiger partial charge in [0.05, 0.1) is 0 Å². The summed E-state index contributed by atoms with van der Waals surface area (Å²) in [4.78, 5) is 8.91. The molecule has 0 bridgehead atoms. The van der Waals surface area contributed by atoms with Crippen LogP contribution in [0.1, 0.15) is 5.56 Å². The van der Waals surface area contributed by atoms with Gasteiger partial charge in [0.25, 0.3) is 0 Å². The molecular formula is C13H9FN2S. The molecule has 0 N–H and O–H groups in total. The monoisotopic (exact) mass is 244 g/mol. The second-order valence-electron chi connectivity index (χ2n) is 3.84. The zero-order chi connectivity index (χ0) is 11.8. The molecule has 4 heteroatoms. The van der Waals surface area contributed by atoms with Crippen LogP contribution in [0.2, 0.25) is 0 Å². The molecule has 0 aliphatic rings. The molecule has 0 saturated heterocycles. The SMILES string of the molecule is Cc1ccc(-c2nc3ccc(F)nc3s2)cc1. The van der Waals surface area contributed by atoms with Crippen molar-refractivity contribution in [2.45, 2.75) is 6.92 Å². The van der Waals surface area contributed by atoms with Gasteiger partial charge in [-0.15, -0.1) is 0 Å². The molecule has 0 aliphatic heterocycles. The van der Waals surface area contributed by atoms with Crippen LogP contribution < -0.4 is 0 Å². The zero-order valence-corrected chi connectivity index (χ0v) is 9.96. The second-order valence-corrected chi connectivity index (χ2v) is 4.82. The Labute approximate surface area is 102 Å². The number of nitrogens with zero attached hydrogens (tertiary/aromatic N) is 2. The van der Waals surface area contributed by atoms with E-state index in [1.807, 2.05) is 31.2 Å². The first-order chi connectivity index (χ1) is 8.22. The van der Waals surface area contributed by atoms with Gasteiger partial charge in [0.1, 0.15) is 15.4 Å². The lowest BCUT2D eigenvalue weighted by Crippen LogP contribution is -1.79. The Morgan fingerprint density at radius 2 is 1.76 bits per heavy atom. The molecular weight excluding hydrogens is 235 g/mol. The van der Waals surface area contributed by atoms with Gasteiger partial charge >= 0.3 is 0 Å². The van der Waals surface area contributed by atoms with E-state index >= 15 is 0 Å². The Morgan fingerprint density at radius 3 is 2.53 bits per heavy atom. The number of hydrogen-bond acceptors (Lipinski definition) is 3. The van der Waals surface area contributed by atoms with Gasteiger partial charge in [-0.05, 0) is 19.1 Å². The van der Waals surface area contributed by atoms with Gasteiger partial charge in [0.2, 0.25) is 5.95 Å². The smallest absolute Gasteiger partial charge is 0.214 e. The molecule has 3 rings (SSSR count). The van der Waals surface area contributed by atoms with Crippen molar-refractivity contribution in [2.24, 2.45) is 0 Å². The van der Waals surface area contributed by atoms with E-state index in [0.717, 1.165) is 16.1 Å². The maximum atomic E-state index is 13.0. The van der Waals surface area contributed by atoms with E-state index in [9.17, 15) is 4.39 Å². The number of thiazole rings is 1. The average Bonchev–Trinajstić information content (AvgIpc) is 2.72. The van der Waals surface area contributed by atoms with Gasteiger partial charge in [-0.25, -0.2) is 9.97 Å². The van der Waals surface area contributed by atoms with Gasteiger partial charge < -0.3 is 0 Å². The number of hydrogen-bond donors (Lipinski definition) is 0. The fraction of sp³-hybridized carbons (Fsp3) is 0.0769. The van der Waals surface area contributed by atoms with Crippen LogP contribution in [0.15, 0.2) is 36.4 Å². The van der Waals surface area contributed by atoms with E-state index < -0.39 is 5.95 Å². The van der Waals surface area contributed by atoms with Crippen LogP contribution in [0, 0.1) is 12.9 Å². The summed E-state index contributed by atoms with van der Waals surface area (Å²) >= 11 is 1.41. The molecule has 17 heavy (non-hydrogen) atoms. The van der Waals surface area contributed by atoms with Crippen LogP contribution in [-0.4, -0.2) is 9.97 Å². The van der Waals surface area contributed by atoms with Gasteiger partial charge in [-0.3, -0.25) is 0 Å². The number of aryl methyl sites for hydroxylation is 1. The van der Waals surface area contributed by atoms with Crippen LogP contribution in [0.4, 0.5) is 4.39 Å². The van der Waals surface area contributed by atoms with Crippen LogP contribution in [-0.2, 0) is 0 Å². The summed E-state index contributed by atoms with van der Waals surface area (Å²) in [5.74, 6) is -0.461. The minimum atomic E-state index is -0.461. The zero-order valence-electron chi connectivity index (χ0n) is 9.14. The minimum Gasteiger partial charge on any atom is -0.234 e. The third-order valence-electron chi connectivity index (χ3n) is 2.52. The van der Waals surface area contributed by atoms with Crippen molar-refractivity contribution in [3.05, 3.63) is 47.9 Å². The summed E-state index contributed by atoms with van der Waals surface area (Å²) in [6, 6.07) is 11.1. The molecule has 0 saturated carbocycles. The van der Waals surface area contributed by atoms with Gasteiger partial charge in [0, 0.05) is 5.56 Å². The maximum absolute atomic E-state index is 13.0. The molecule has 0 fully saturated rings. The van der Waals surface area contributed by atoms with E-state index in [0.29, 0.717) is 4.83 Å². The molecule has 0 spiro atoms. The first-order valence-electron chi connectivity index (χ1n) is 5.22. The van der Waals surface area contributed by atoms with Crippen molar-refractivity contribution < 1.29 is 4.39 Å². The Hall–Kier alpha value is -1.81. The molecule has 2 aromatic heterocycles. The molecule has 0 aliphatic carbocycles. The highest BCUT2D eigenvalue weighted by atomic mass is 32.1. The minimum absolute atomic E-state index is 0.461. The number of benzene rings is 1. The number of fused-ring (bicyclic) bond motifs is 1. The van der Waals surface area contributed by atoms with Crippen molar-refractivity contribution in [3.63, 3.8) is 0 Å². The first-order valence-corrected chi connectivity index (χ1v) is 6.04. The van der Waals surface area contributed by atoms with Crippen molar-refractivity contribution in [3.8, 4) is 10.6 Å². The molecule has 84 valence electrons. The average molecular weight is 244 g/mol. The summed E-state index contributed by atoms with van der Waals surface area (Å²) in [7, 11) is 0. The van der Waals surface area contributed by atoms with Crippen LogP contribution in [0.3, 0.4) is 0 Å². The Balaban J connectivity index is 2.14. The van der Waals surface area contributed by atoms with Gasteiger partial charge in [-0.2, -0.15) is 4.39 Å². The molecule has 2 heterocycles. The summed E-state index contributed by atoms with van der Waals surface area (Å²) < 4.78 is 13.0. The number of aromatic nitrogens is 2. The number of pyridine rings is 1. The van der Waals surface area contributed by atoms with Crippen LogP contribution >= 0.6 is 11.3 Å². The molecule has 0 atom stereocenters. The molecule has 2 nitrogen and oxygen atoms in total. The largest absolute Gasteiger partial charge is 0.234 e. The third kappa shape index (κ3) is 1.91. The van der Waals surface area contributed by atoms with E-state index in [2.05, 4.69) is 9.97 Å². The predicted molar refractivity (Wildman–Crippen MR) is 67.5 cm³/mol.